The quantitative estimate of drug-likeness (QED) is 0.554. The number of rotatable bonds is 6. The van der Waals surface area contributed by atoms with Gasteiger partial charge in [0.1, 0.15) is 0 Å². The zero-order chi connectivity index (χ0) is 12.6. The molecule has 0 bridgehead atoms. The molecule has 0 saturated carbocycles. The van der Waals surface area contributed by atoms with E-state index in [2.05, 4.69) is 16.0 Å². The number of carbonyl (C=O) groups excluding carboxylic acids is 2. The standard InChI is InChI=1S/C11H17NO3S/c1-5-6-12-11(14)9(3)16-8(2)7-10(13)15-4/h1,8-9H,6-7H2,2-4H3,(H,12,14). The first-order valence-electron chi connectivity index (χ1n) is 4.94. The summed E-state index contributed by atoms with van der Waals surface area (Å²) in [4.78, 5) is 22.4. The SMILES string of the molecule is C#CCNC(=O)C(C)SC(C)CC(=O)OC. The van der Waals surface area contributed by atoms with Crippen molar-refractivity contribution in [2.45, 2.75) is 30.8 Å². The van der Waals surface area contributed by atoms with E-state index in [1.807, 2.05) is 6.92 Å². The Kier molecular flexibility index (Phi) is 7.48. The molecule has 2 atom stereocenters. The van der Waals surface area contributed by atoms with E-state index in [1.54, 1.807) is 6.92 Å². The molecule has 0 spiro atoms. The molecule has 0 radical (unpaired) electrons. The van der Waals surface area contributed by atoms with Crippen molar-refractivity contribution in [3.8, 4) is 12.3 Å². The van der Waals surface area contributed by atoms with Gasteiger partial charge in [-0.1, -0.05) is 12.8 Å². The highest BCUT2D eigenvalue weighted by Gasteiger charge is 2.18. The van der Waals surface area contributed by atoms with Crippen LogP contribution in [0.15, 0.2) is 0 Å². The van der Waals surface area contributed by atoms with Crippen LogP contribution in [0.3, 0.4) is 0 Å². The van der Waals surface area contributed by atoms with Crippen LogP contribution < -0.4 is 5.32 Å². The lowest BCUT2D eigenvalue weighted by molar-refractivity contribution is -0.140. The second-order valence-corrected chi connectivity index (χ2v) is 5.08. The molecule has 0 aliphatic heterocycles. The van der Waals surface area contributed by atoms with E-state index in [4.69, 9.17) is 6.42 Å². The van der Waals surface area contributed by atoms with Crippen LogP contribution in [-0.4, -0.2) is 36.0 Å². The number of carbonyl (C=O) groups is 2. The summed E-state index contributed by atoms with van der Waals surface area (Å²) in [5.41, 5.74) is 0. The van der Waals surface area contributed by atoms with Crippen molar-refractivity contribution in [1.29, 1.82) is 0 Å². The second-order valence-electron chi connectivity index (χ2n) is 3.29. The van der Waals surface area contributed by atoms with Crippen molar-refractivity contribution in [3.05, 3.63) is 0 Å². The summed E-state index contributed by atoms with van der Waals surface area (Å²) in [6, 6.07) is 0. The van der Waals surface area contributed by atoms with E-state index >= 15 is 0 Å². The highest BCUT2D eigenvalue weighted by Crippen LogP contribution is 2.20. The zero-order valence-electron chi connectivity index (χ0n) is 9.78. The van der Waals surface area contributed by atoms with Gasteiger partial charge in [0.2, 0.25) is 5.91 Å². The van der Waals surface area contributed by atoms with E-state index < -0.39 is 0 Å². The lowest BCUT2D eigenvalue weighted by Gasteiger charge is -2.15. The third kappa shape index (κ3) is 6.36. The van der Waals surface area contributed by atoms with Crippen molar-refractivity contribution in [1.82, 2.24) is 5.32 Å². The third-order valence-electron chi connectivity index (χ3n) is 1.85. The number of ether oxygens (including phenoxy) is 1. The number of thioether (sulfide) groups is 1. The van der Waals surface area contributed by atoms with Crippen LogP contribution in [0.5, 0.6) is 0 Å². The van der Waals surface area contributed by atoms with Gasteiger partial charge in [0.15, 0.2) is 0 Å². The van der Waals surface area contributed by atoms with Crippen molar-refractivity contribution < 1.29 is 14.3 Å². The number of terminal acetylenes is 1. The Morgan fingerprint density at radius 1 is 1.50 bits per heavy atom. The molecule has 90 valence electrons. The van der Waals surface area contributed by atoms with Gasteiger partial charge >= 0.3 is 5.97 Å². The Morgan fingerprint density at radius 2 is 2.12 bits per heavy atom. The topological polar surface area (TPSA) is 55.4 Å². The van der Waals surface area contributed by atoms with Gasteiger partial charge in [0.05, 0.1) is 25.3 Å². The number of hydrogen-bond acceptors (Lipinski definition) is 4. The molecule has 0 aromatic heterocycles. The van der Waals surface area contributed by atoms with Crippen molar-refractivity contribution in [3.63, 3.8) is 0 Å². The minimum atomic E-state index is -0.267. The van der Waals surface area contributed by atoms with Crippen LogP contribution in [0.25, 0.3) is 0 Å². The Labute approximate surface area is 100 Å². The van der Waals surface area contributed by atoms with Gasteiger partial charge in [-0.2, -0.15) is 0 Å². The van der Waals surface area contributed by atoms with Gasteiger partial charge in [-0.05, 0) is 6.92 Å². The number of amides is 1. The molecule has 0 aromatic rings. The van der Waals surface area contributed by atoms with Crippen LogP contribution in [0.1, 0.15) is 20.3 Å². The third-order valence-corrected chi connectivity index (χ3v) is 3.11. The largest absolute Gasteiger partial charge is 0.469 e. The monoisotopic (exact) mass is 243 g/mol. The van der Waals surface area contributed by atoms with Gasteiger partial charge in [-0.3, -0.25) is 9.59 Å². The van der Waals surface area contributed by atoms with E-state index in [0.29, 0.717) is 6.42 Å². The Hall–Kier alpha value is -1.15. The first-order valence-corrected chi connectivity index (χ1v) is 5.89. The fourth-order valence-corrected chi connectivity index (χ4v) is 2.19. The summed E-state index contributed by atoms with van der Waals surface area (Å²) in [5.74, 6) is 1.95. The maximum atomic E-state index is 11.4. The number of esters is 1. The first-order chi connectivity index (χ1) is 7.51. The zero-order valence-corrected chi connectivity index (χ0v) is 10.6. The number of methoxy groups -OCH3 is 1. The minimum absolute atomic E-state index is 0.0408. The summed E-state index contributed by atoms with van der Waals surface area (Å²) in [6.07, 6.45) is 5.33. The molecule has 0 fully saturated rings. The molecule has 2 unspecified atom stereocenters. The highest BCUT2D eigenvalue weighted by molar-refractivity contribution is 8.01. The highest BCUT2D eigenvalue weighted by atomic mass is 32.2. The van der Waals surface area contributed by atoms with Gasteiger partial charge in [-0.15, -0.1) is 18.2 Å². The molecule has 0 rings (SSSR count). The van der Waals surface area contributed by atoms with Crippen LogP contribution in [0.2, 0.25) is 0 Å². The van der Waals surface area contributed by atoms with Gasteiger partial charge in [-0.25, -0.2) is 0 Å². The molecule has 4 nitrogen and oxygen atoms in total. The summed E-state index contributed by atoms with van der Waals surface area (Å²) in [7, 11) is 1.35. The van der Waals surface area contributed by atoms with E-state index in [-0.39, 0.29) is 28.9 Å². The predicted octanol–water partition coefficient (Wildman–Crippen LogP) is 0.809. The molecule has 0 heterocycles. The molecular formula is C11H17NO3S. The molecular weight excluding hydrogens is 226 g/mol. The Balaban J connectivity index is 3.94. The van der Waals surface area contributed by atoms with Crippen LogP contribution in [-0.2, 0) is 14.3 Å². The number of nitrogens with one attached hydrogen (secondary N) is 1. The molecule has 1 amide bonds. The molecule has 0 saturated heterocycles. The maximum absolute atomic E-state index is 11.4. The van der Waals surface area contributed by atoms with Gasteiger partial charge < -0.3 is 10.1 Å². The minimum Gasteiger partial charge on any atom is -0.469 e. The smallest absolute Gasteiger partial charge is 0.306 e. The predicted molar refractivity (Wildman–Crippen MR) is 65.0 cm³/mol. The summed E-state index contributed by atoms with van der Waals surface area (Å²) in [5, 5.41) is 2.40. The molecule has 0 aliphatic rings. The fraction of sp³-hybridized carbons (Fsp3) is 0.636. The molecule has 0 aromatic carbocycles. The van der Waals surface area contributed by atoms with E-state index in [0.717, 1.165) is 0 Å². The first kappa shape index (κ1) is 14.8. The Bertz CT molecular complexity index is 285. The fourth-order valence-electron chi connectivity index (χ4n) is 1.06. The van der Waals surface area contributed by atoms with E-state index in [9.17, 15) is 9.59 Å². The second kappa shape index (κ2) is 8.05. The molecule has 16 heavy (non-hydrogen) atoms. The van der Waals surface area contributed by atoms with Crippen molar-refractivity contribution >= 4 is 23.6 Å². The lowest BCUT2D eigenvalue weighted by Crippen LogP contribution is -2.32. The average molecular weight is 243 g/mol. The normalized spacial score (nSPS) is 13.4. The lowest BCUT2D eigenvalue weighted by atomic mass is 10.3. The molecule has 5 heteroatoms. The Morgan fingerprint density at radius 3 is 2.62 bits per heavy atom. The van der Waals surface area contributed by atoms with Crippen molar-refractivity contribution in [2.75, 3.05) is 13.7 Å². The number of hydrogen-bond donors (Lipinski definition) is 1. The van der Waals surface area contributed by atoms with Gasteiger partial charge in [0, 0.05) is 5.25 Å². The van der Waals surface area contributed by atoms with Crippen LogP contribution in [0.4, 0.5) is 0 Å². The van der Waals surface area contributed by atoms with Crippen LogP contribution in [0, 0.1) is 12.3 Å². The maximum Gasteiger partial charge on any atom is 0.306 e. The average Bonchev–Trinajstić information content (AvgIpc) is 2.25. The summed E-state index contributed by atoms with van der Waals surface area (Å²) in [6.45, 7) is 3.89. The molecule has 1 N–H and O–H groups in total. The van der Waals surface area contributed by atoms with Crippen LogP contribution >= 0.6 is 11.8 Å². The van der Waals surface area contributed by atoms with Gasteiger partial charge in [0.25, 0.3) is 0 Å². The summed E-state index contributed by atoms with van der Waals surface area (Å²) < 4.78 is 4.55. The van der Waals surface area contributed by atoms with E-state index in [1.165, 1.54) is 18.9 Å². The van der Waals surface area contributed by atoms with Crippen molar-refractivity contribution in [2.24, 2.45) is 0 Å². The molecule has 0 aliphatic carbocycles. The summed E-state index contributed by atoms with van der Waals surface area (Å²) >= 11 is 1.42.